The average molecular weight is 196 g/mol. The van der Waals surface area contributed by atoms with Crippen LogP contribution in [0.1, 0.15) is 18.1 Å². The molecule has 1 aromatic rings. The number of rotatable bonds is 2. The van der Waals surface area contributed by atoms with E-state index < -0.39 is 11.6 Å². The molecule has 0 aliphatic rings. The van der Waals surface area contributed by atoms with E-state index in [1.165, 1.54) is 25.1 Å². The maximum Gasteiger partial charge on any atom is 0.145 e. The Kier molecular flexibility index (Phi) is 3.12. The average Bonchev–Trinajstić information content (AvgIpc) is 2.14. The van der Waals surface area contributed by atoms with Gasteiger partial charge in [0.1, 0.15) is 17.9 Å². The minimum Gasteiger partial charge on any atom is -0.298 e. The predicted octanol–water partition coefficient (Wildman–Crippen LogP) is 2.88. The zero-order valence-corrected chi connectivity index (χ0v) is 7.97. The molecule has 0 aliphatic carbocycles. The number of carbonyl (C=O) groups is 1. The van der Waals surface area contributed by atoms with E-state index in [-0.39, 0.29) is 5.56 Å². The van der Waals surface area contributed by atoms with Crippen LogP contribution in [0.15, 0.2) is 17.7 Å². The summed E-state index contributed by atoms with van der Waals surface area (Å²) in [6, 6.07) is 2.40. The lowest BCUT2D eigenvalue weighted by Crippen LogP contribution is -1.90. The third-order valence-electron chi connectivity index (χ3n) is 1.88. The summed E-state index contributed by atoms with van der Waals surface area (Å²) in [7, 11) is 0. The number of carbonyl (C=O) groups excluding carboxylic acids is 1. The second-order valence-electron chi connectivity index (χ2n) is 3.12. The van der Waals surface area contributed by atoms with Crippen LogP contribution in [0.4, 0.5) is 8.78 Å². The zero-order chi connectivity index (χ0) is 10.7. The van der Waals surface area contributed by atoms with E-state index in [0.29, 0.717) is 17.4 Å². The van der Waals surface area contributed by atoms with Crippen LogP contribution >= 0.6 is 0 Å². The third kappa shape index (κ3) is 2.25. The Morgan fingerprint density at radius 3 is 2.21 bits per heavy atom. The Morgan fingerprint density at radius 1 is 1.29 bits per heavy atom. The molecule has 1 rings (SSSR count). The summed E-state index contributed by atoms with van der Waals surface area (Å²) in [5.74, 6) is -1.20. The summed E-state index contributed by atoms with van der Waals surface area (Å²) in [6.45, 7) is 2.94. The Balaban J connectivity index is 3.19. The van der Waals surface area contributed by atoms with Crippen molar-refractivity contribution in [2.75, 3.05) is 0 Å². The van der Waals surface area contributed by atoms with Crippen molar-refractivity contribution < 1.29 is 13.6 Å². The molecular weight excluding hydrogens is 186 g/mol. The SMILES string of the molecule is C/C(C=O)=C\c1cc(F)c(C)c(F)c1. The van der Waals surface area contributed by atoms with E-state index in [4.69, 9.17) is 0 Å². The molecule has 3 heteroatoms. The maximum absolute atomic E-state index is 13.0. The molecule has 1 nitrogen and oxygen atoms in total. The molecule has 0 N–H and O–H groups in total. The fourth-order valence-corrected chi connectivity index (χ4v) is 1.05. The second kappa shape index (κ2) is 4.13. The molecule has 0 unspecified atom stereocenters. The van der Waals surface area contributed by atoms with Crippen molar-refractivity contribution >= 4 is 12.4 Å². The van der Waals surface area contributed by atoms with Gasteiger partial charge in [-0.25, -0.2) is 8.78 Å². The summed E-state index contributed by atoms with van der Waals surface area (Å²) in [4.78, 5) is 10.3. The molecule has 0 aliphatic heterocycles. The van der Waals surface area contributed by atoms with Crippen molar-refractivity contribution in [3.8, 4) is 0 Å². The maximum atomic E-state index is 13.0. The fraction of sp³-hybridized carbons (Fsp3) is 0.182. The number of aldehydes is 1. The molecule has 0 radical (unpaired) electrons. The van der Waals surface area contributed by atoms with Gasteiger partial charge in [0.05, 0.1) is 0 Å². The largest absolute Gasteiger partial charge is 0.298 e. The fourth-order valence-electron chi connectivity index (χ4n) is 1.05. The third-order valence-corrected chi connectivity index (χ3v) is 1.88. The molecular formula is C11H10F2O. The van der Waals surface area contributed by atoms with Gasteiger partial charge < -0.3 is 0 Å². The second-order valence-corrected chi connectivity index (χ2v) is 3.12. The normalized spacial score (nSPS) is 11.6. The van der Waals surface area contributed by atoms with Crippen molar-refractivity contribution in [2.24, 2.45) is 0 Å². The molecule has 0 atom stereocenters. The van der Waals surface area contributed by atoms with Crippen LogP contribution in [-0.2, 0) is 4.79 Å². The first-order valence-electron chi connectivity index (χ1n) is 4.13. The number of hydrogen-bond donors (Lipinski definition) is 0. The molecule has 0 saturated carbocycles. The first-order valence-corrected chi connectivity index (χ1v) is 4.13. The van der Waals surface area contributed by atoms with Gasteiger partial charge in [-0.15, -0.1) is 0 Å². The van der Waals surface area contributed by atoms with E-state index in [9.17, 15) is 13.6 Å². The van der Waals surface area contributed by atoms with Crippen LogP contribution in [0, 0.1) is 18.6 Å². The highest BCUT2D eigenvalue weighted by molar-refractivity contribution is 5.80. The first kappa shape index (κ1) is 10.6. The van der Waals surface area contributed by atoms with Crippen molar-refractivity contribution in [3.05, 3.63) is 40.5 Å². The van der Waals surface area contributed by atoms with Crippen LogP contribution in [0.2, 0.25) is 0 Å². The van der Waals surface area contributed by atoms with Crippen molar-refractivity contribution in [1.29, 1.82) is 0 Å². The predicted molar refractivity (Wildman–Crippen MR) is 50.8 cm³/mol. The lowest BCUT2D eigenvalue weighted by Gasteiger charge is -2.00. The molecule has 1 aromatic carbocycles. The Morgan fingerprint density at radius 2 is 1.79 bits per heavy atom. The van der Waals surface area contributed by atoms with Gasteiger partial charge in [-0.2, -0.15) is 0 Å². The van der Waals surface area contributed by atoms with Gasteiger partial charge >= 0.3 is 0 Å². The standard InChI is InChI=1S/C11H10F2O/c1-7(6-14)3-9-4-10(12)8(2)11(13)5-9/h3-6H,1-2H3/b7-3+. The van der Waals surface area contributed by atoms with Gasteiger partial charge in [0.25, 0.3) is 0 Å². The quantitative estimate of drug-likeness (QED) is 0.525. The van der Waals surface area contributed by atoms with Crippen LogP contribution in [0.3, 0.4) is 0 Å². The Hall–Kier alpha value is -1.51. The molecule has 0 bridgehead atoms. The summed E-state index contributed by atoms with van der Waals surface area (Å²) in [5.41, 5.74) is 0.772. The van der Waals surface area contributed by atoms with Gasteiger partial charge in [-0.3, -0.25) is 4.79 Å². The molecule has 0 fully saturated rings. The van der Waals surface area contributed by atoms with Crippen LogP contribution < -0.4 is 0 Å². The van der Waals surface area contributed by atoms with Gasteiger partial charge in [-0.05, 0) is 43.2 Å². The molecule has 14 heavy (non-hydrogen) atoms. The Labute approximate surface area is 81.1 Å². The van der Waals surface area contributed by atoms with Crippen molar-refractivity contribution in [3.63, 3.8) is 0 Å². The highest BCUT2D eigenvalue weighted by Crippen LogP contribution is 2.15. The monoisotopic (exact) mass is 196 g/mol. The van der Waals surface area contributed by atoms with Gasteiger partial charge in [0.2, 0.25) is 0 Å². The van der Waals surface area contributed by atoms with E-state index in [2.05, 4.69) is 0 Å². The minimum atomic E-state index is -0.602. The molecule has 0 spiro atoms. The van der Waals surface area contributed by atoms with Crippen LogP contribution in [0.25, 0.3) is 6.08 Å². The number of allylic oxidation sites excluding steroid dienone is 1. The van der Waals surface area contributed by atoms with E-state index in [1.807, 2.05) is 0 Å². The molecule has 0 saturated heterocycles. The Bertz CT molecular complexity index is 371. The lowest BCUT2D eigenvalue weighted by molar-refractivity contribution is -0.104. The highest BCUT2D eigenvalue weighted by atomic mass is 19.1. The molecule has 0 aromatic heterocycles. The molecule has 0 heterocycles. The summed E-state index contributed by atoms with van der Waals surface area (Å²) >= 11 is 0. The first-order chi connectivity index (χ1) is 6.54. The minimum absolute atomic E-state index is 0.00842. The summed E-state index contributed by atoms with van der Waals surface area (Å²) in [6.07, 6.45) is 2.06. The van der Waals surface area contributed by atoms with Gasteiger partial charge in [0, 0.05) is 5.56 Å². The van der Waals surface area contributed by atoms with Crippen molar-refractivity contribution in [2.45, 2.75) is 13.8 Å². The summed E-state index contributed by atoms with van der Waals surface area (Å²) in [5, 5.41) is 0. The topological polar surface area (TPSA) is 17.1 Å². The van der Waals surface area contributed by atoms with Gasteiger partial charge in [-0.1, -0.05) is 0 Å². The zero-order valence-electron chi connectivity index (χ0n) is 7.97. The highest BCUT2D eigenvalue weighted by Gasteiger charge is 2.05. The number of hydrogen-bond acceptors (Lipinski definition) is 1. The van der Waals surface area contributed by atoms with Gasteiger partial charge in [0.15, 0.2) is 0 Å². The lowest BCUT2D eigenvalue weighted by atomic mass is 10.1. The number of halogens is 2. The van der Waals surface area contributed by atoms with E-state index in [0.717, 1.165) is 0 Å². The van der Waals surface area contributed by atoms with E-state index >= 15 is 0 Å². The van der Waals surface area contributed by atoms with Crippen molar-refractivity contribution in [1.82, 2.24) is 0 Å². The smallest absolute Gasteiger partial charge is 0.145 e. The van der Waals surface area contributed by atoms with Crippen LogP contribution in [-0.4, -0.2) is 6.29 Å². The molecule has 74 valence electrons. The van der Waals surface area contributed by atoms with Crippen LogP contribution in [0.5, 0.6) is 0 Å². The van der Waals surface area contributed by atoms with E-state index in [1.54, 1.807) is 6.92 Å². The molecule has 0 amide bonds. The summed E-state index contributed by atoms with van der Waals surface area (Å²) < 4.78 is 26.1. The number of benzene rings is 1.